The molecule has 0 fully saturated rings. The molecular formula is C19H25FN4O2S2. The monoisotopic (exact) mass is 424 g/mol. The average Bonchev–Trinajstić information content (AvgIpc) is 2.65. The number of hydrogen-bond donors (Lipinski definition) is 3. The third-order valence-corrected chi connectivity index (χ3v) is 5.46. The van der Waals surface area contributed by atoms with Gasteiger partial charge >= 0.3 is 0 Å². The van der Waals surface area contributed by atoms with Crippen molar-refractivity contribution in [3.05, 3.63) is 65.0 Å². The van der Waals surface area contributed by atoms with Crippen molar-refractivity contribution in [3.63, 3.8) is 0 Å². The van der Waals surface area contributed by atoms with Gasteiger partial charge in [-0.3, -0.25) is 0 Å². The van der Waals surface area contributed by atoms with E-state index in [-0.39, 0.29) is 10.7 Å². The SMILES string of the molecule is CCNC(=NCc1ccc(S(N)(=O)=O)cc1)NCc1ccc(F)cc1CSC. The highest BCUT2D eigenvalue weighted by Crippen LogP contribution is 2.16. The van der Waals surface area contributed by atoms with Crippen LogP contribution in [0.3, 0.4) is 0 Å². The molecule has 0 aliphatic rings. The normalized spacial score (nSPS) is 12.1. The van der Waals surface area contributed by atoms with Crippen LogP contribution in [0.5, 0.6) is 0 Å². The van der Waals surface area contributed by atoms with Crippen molar-refractivity contribution in [2.24, 2.45) is 10.1 Å². The number of halogens is 1. The fourth-order valence-corrected chi connectivity index (χ4v) is 3.63. The van der Waals surface area contributed by atoms with E-state index in [1.807, 2.05) is 13.2 Å². The molecule has 0 saturated heterocycles. The van der Waals surface area contributed by atoms with E-state index in [4.69, 9.17) is 5.14 Å². The van der Waals surface area contributed by atoms with Crippen LogP contribution in [0.15, 0.2) is 52.4 Å². The van der Waals surface area contributed by atoms with Gasteiger partial charge in [0.25, 0.3) is 0 Å². The minimum atomic E-state index is -3.70. The average molecular weight is 425 g/mol. The number of nitrogens with zero attached hydrogens (tertiary/aromatic N) is 1. The van der Waals surface area contributed by atoms with Crippen LogP contribution in [-0.2, 0) is 28.9 Å². The molecule has 2 aromatic carbocycles. The molecule has 0 amide bonds. The van der Waals surface area contributed by atoms with Gasteiger partial charge in [0.15, 0.2) is 5.96 Å². The van der Waals surface area contributed by atoms with Crippen LogP contribution in [-0.4, -0.2) is 27.2 Å². The van der Waals surface area contributed by atoms with Gasteiger partial charge in [-0.05, 0) is 54.1 Å². The number of sulfonamides is 1. The Morgan fingerprint density at radius 2 is 1.86 bits per heavy atom. The Morgan fingerprint density at radius 1 is 1.14 bits per heavy atom. The zero-order valence-corrected chi connectivity index (χ0v) is 17.5. The molecule has 28 heavy (non-hydrogen) atoms. The van der Waals surface area contributed by atoms with Crippen molar-refractivity contribution in [2.75, 3.05) is 12.8 Å². The first-order valence-electron chi connectivity index (χ1n) is 8.73. The summed E-state index contributed by atoms with van der Waals surface area (Å²) in [7, 11) is -3.70. The van der Waals surface area contributed by atoms with E-state index < -0.39 is 10.0 Å². The number of nitrogens with one attached hydrogen (secondary N) is 2. The summed E-state index contributed by atoms with van der Waals surface area (Å²) in [6, 6.07) is 11.1. The lowest BCUT2D eigenvalue weighted by Crippen LogP contribution is -2.37. The zero-order valence-electron chi connectivity index (χ0n) is 15.9. The van der Waals surface area contributed by atoms with E-state index in [0.29, 0.717) is 25.6 Å². The number of primary sulfonamides is 1. The topological polar surface area (TPSA) is 96.6 Å². The predicted octanol–water partition coefficient (Wildman–Crippen LogP) is 2.59. The number of aliphatic imine (C=N–C) groups is 1. The fraction of sp³-hybridized carbons (Fsp3) is 0.316. The number of nitrogens with two attached hydrogens (primary N) is 1. The molecule has 0 heterocycles. The van der Waals surface area contributed by atoms with Crippen molar-refractivity contribution in [2.45, 2.75) is 30.7 Å². The smallest absolute Gasteiger partial charge is 0.238 e. The van der Waals surface area contributed by atoms with Gasteiger partial charge in [-0.25, -0.2) is 22.9 Å². The molecule has 0 radical (unpaired) electrons. The summed E-state index contributed by atoms with van der Waals surface area (Å²) in [5.74, 6) is 1.12. The molecule has 0 aromatic heterocycles. The predicted molar refractivity (Wildman–Crippen MR) is 113 cm³/mol. The van der Waals surface area contributed by atoms with E-state index in [0.717, 1.165) is 22.4 Å². The second kappa shape index (κ2) is 10.4. The van der Waals surface area contributed by atoms with Crippen molar-refractivity contribution in [1.82, 2.24) is 10.6 Å². The molecule has 9 heteroatoms. The Labute approximate surface area is 169 Å². The van der Waals surface area contributed by atoms with Crippen molar-refractivity contribution < 1.29 is 12.8 Å². The first kappa shape index (κ1) is 22.2. The fourth-order valence-electron chi connectivity index (χ4n) is 2.53. The van der Waals surface area contributed by atoms with Gasteiger partial charge in [-0.15, -0.1) is 0 Å². The largest absolute Gasteiger partial charge is 0.357 e. The van der Waals surface area contributed by atoms with E-state index in [9.17, 15) is 12.8 Å². The summed E-state index contributed by atoms with van der Waals surface area (Å²) in [6.45, 7) is 3.56. The van der Waals surface area contributed by atoms with Crippen LogP contribution in [0.1, 0.15) is 23.6 Å². The van der Waals surface area contributed by atoms with Crippen LogP contribution in [0.2, 0.25) is 0 Å². The standard InChI is InChI=1S/C19H25FN4O2S2/c1-3-22-19(23-11-14-4-8-18(9-5-14)28(21,25)26)24-12-15-6-7-17(20)10-16(15)13-27-2/h4-10H,3,11-13H2,1-2H3,(H2,21,25,26)(H2,22,23,24). The molecule has 0 aliphatic heterocycles. The van der Waals surface area contributed by atoms with Crippen LogP contribution in [0.4, 0.5) is 4.39 Å². The number of rotatable bonds is 8. The van der Waals surface area contributed by atoms with Crippen molar-refractivity contribution >= 4 is 27.7 Å². The summed E-state index contributed by atoms with van der Waals surface area (Å²) in [5, 5.41) is 11.5. The van der Waals surface area contributed by atoms with Gasteiger partial charge in [0.05, 0.1) is 11.4 Å². The highest BCUT2D eigenvalue weighted by molar-refractivity contribution is 7.97. The molecule has 0 bridgehead atoms. The van der Waals surface area contributed by atoms with Gasteiger partial charge in [-0.2, -0.15) is 11.8 Å². The number of benzene rings is 2. The molecule has 0 unspecified atom stereocenters. The maximum atomic E-state index is 13.5. The van der Waals surface area contributed by atoms with Gasteiger partial charge in [0.2, 0.25) is 10.0 Å². The maximum absolute atomic E-state index is 13.5. The summed E-state index contributed by atoms with van der Waals surface area (Å²) < 4.78 is 36.1. The Bertz CT molecular complexity index is 916. The lowest BCUT2D eigenvalue weighted by Gasteiger charge is -2.14. The molecular weight excluding hydrogens is 399 g/mol. The first-order valence-corrected chi connectivity index (χ1v) is 11.7. The van der Waals surface area contributed by atoms with Gasteiger partial charge in [0.1, 0.15) is 5.82 Å². The first-order chi connectivity index (χ1) is 13.3. The molecule has 0 spiro atoms. The van der Waals surface area contributed by atoms with Gasteiger partial charge in [0, 0.05) is 18.8 Å². The Morgan fingerprint density at radius 3 is 2.46 bits per heavy atom. The second-order valence-electron chi connectivity index (χ2n) is 6.08. The van der Waals surface area contributed by atoms with Gasteiger partial charge < -0.3 is 10.6 Å². The summed E-state index contributed by atoms with van der Waals surface area (Å²) in [4.78, 5) is 4.59. The lowest BCUT2D eigenvalue weighted by molar-refractivity contribution is 0.597. The second-order valence-corrected chi connectivity index (χ2v) is 8.51. The molecule has 0 atom stereocenters. The molecule has 2 aromatic rings. The molecule has 4 N–H and O–H groups in total. The minimum Gasteiger partial charge on any atom is -0.357 e. The van der Waals surface area contributed by atoms with Crippen molar-refractivity contribution in [1.29, 1.82) is 0 Å². The lowest BCUT2D eigenvalue weighted by atomic mass is 10.1. The molecule has 2 rings (SSSR count). The van der Waals surface area contributed by atoms with Crippen LogP contribution in [0, 0.1) is 5.82 Å². The Kier molecular flexibility index (Phi) is 8.28. The summed E-state index contributed by atoms with van der Waals surface area (Å²) in [5.41, 5.74) is 2.82. The maximum Gasteiger partial charge on any atom is 0.238 e. The van der Waals surface area contributed by atoms with E-state index in [1.165, 1.54) is 18.2 Å². The molecule has 0 aliphatic carbocycles. The number of thioether (sulfide) groups is 1. The van der Waals surface area contributed by atoms with E-state index in [1.54, 1.807) is 36.0 Å². The third kappa shape index (κ3) is 6.81. The number of guanidine groups is 1. The van der Waals surface area contributed by atoms with Crippen LogP contribution >= 0.6 is 11.8 Å². The van der Waals surface area contributed by atoms with Gasteiger partial charge in [-0.1, -0.05) is 18.2 Å². The molecule has 152 valence electrons. The highest BCUT2D eigenvalue weighted by atomic mass is 32.2. The minimum absolute atomic E-state index is 0.0721. The van der Waals surface area contributed by atoms with Crippen LogP contribution < -0.4 is 15.8 Å². The summed E-state index contributed by atoms with van der Waals surface area (Å²) in [6.07, 6.45) is 1.98. The summed E-state index contributed by atoms with van der Waals surface area (Å²) >= 11 is 1.64. The van der Waals surface area contributed by atoms with E-state index >= 15 is 0 Å². The third-order valence-electron chi connectivity index (χ3n) is 3.93. The molecule has 6 nitrogen and oxygen atoms in total. The quantitative estimate of drug-likeness (QED) is 0.447. The highest BCUT2D eigenvalue weighted by Gasteiger charge is 2.08. The Hall–Kier alpha value is -2.10. The van der Waals surface area contributed by atoms with E-state index in [2.05, 4.69) is 15.6 Å². The Balaban J connectivity index is 2.07. The zero-order chi connectivity index (χ0) is 20.6. The van der Waals surface area contributed by atoms with Crippen molar-refractivity contribution in [3.8, 4) is 0 Å². The molecule has 0 saturated carbocycles. The van der Waals surface area contributed by atoms with Crippen LogP contribution in [0.25, 0.3) is 0 Å². The number of hydrogen-bond acceptors (Lipinski definition) is 4.